The molecule has 0 aromatic carbocycles. The first-order chi connectivity index (χ1) is 11.4. The first kappa shape index (κ1) is 21.6. The summed E-state index contributed by atoms with van der Waals surface area (Å²) in [6.45, 7) is 13.7. The van der Waals surface area contributed by atoms with Gasteiger partial charge in [0, 0.05) is 38.5 Å². The van der Waals surface area contributed by atoms with Gasteiger partial charge in [-0.05, 0) is 32.1 Å². The fraction of sp³-hybridized carbons (Fsp3) is 0.842. The van der Waals surface area contributed by atoms with Crippen LogP contribution in [-0.2, 0) is 19.1 Å². The molecule has 0 bridgehead atoms. The van der Waals surface area contributed by atoms with E-state index in [9.17, 15) is 14.4 Å². The summed E-state index contributed by atoms with van der Waals surface area (Å²) in [6.07, 6.45) is 2.09. The summed E-state index contributed by atoms with van der Waals surface area (Å²) in [4.78, 5) is 36.6. The third-order valence-electron chi connectivity index (χ3n) is 4.43. The first-order valence-corrected chi connectivity index (χ1v) is 9.16. The van der Waals surface area contributed by atoms with Gasteiger partial charge in [-0.3, -0.25) is 19.3 Å². The molecule has 0 radical (unpaired) electrons. The van der Waals surface area contributed by atoms with Crippen LogP contribution in [0.25, 0.3) is 0 Å². The number of ether oxygens (including phenoxy) is 1. The number of hydrogen-bond acceptors (Lipinski definition) is 4. The lowest BCUT2D eigenvalue weighted by molar-refractivity contribution is -0.139. The van der Waals surface area contributed by atoms with E-state index in [4.69, 9.17) is 4.74 Å². The Hall–Kier alpha value is -1.43. The predicted octanol–water partition coefficient (Wildman–Crippen LogP) is 2.51. The van der Waals surface area contributed by atoms with Crippen LogP contribution < -0.4 is 5.32 Å². The Morgan fingerprint density at radius 1 is 1.20 bits per heavy atom. The van der Waals surface area contributed by atoms with Crippen LogP contribution in [0.15, 0.2) is 0 Å². The maximum atomic E-state index is 11.9. The number of hydrogen-bond donors (Lipinski definition) is 1. The molecule has 144 valence electrons. The van der Waals surface area contributed by atoms with Crippen LogP contribution in [0.3, 0.4) is 0 Å². The average molecular weight is 354 g/mol. The van der Waals surface area contributed by atoms with Crippen LogP contribution in [0, 0.1) is 11.3 Å². The molecule has 0 aromatic rings. The van der Waals surface area contributed by atoms with E-state index in [1.807, 2.05) is 13.8 Å². The fourth-order valence-corrected chi connectivity index (χ4v) is 2.59. The number of imide groups is 1. The molecule has 1 heterocycles. The molecule has 0 aromatic heterocycles. The Bertz CT molecular complexity index is 494. The molecule has 1 fully saturated rings. The van der Waals surface area contributed by atoms with E-state index in [0.29, 0.717) is 19.6 Å². The largest absolute Gasteiger partial charge is 0.375 e. The minimum absolute atomic E-state index is 0.148. The van der Waals surface area contributed by atoms with Gasteiger partial charge in [0.25, 0.3) is 0 Å². The molecule has 6 nitrogen and oxygen atoms in total. The minimum Gasteiger partial charge on any atom is -0.375 e. The summed E-state index contributed by atoms with van der Waals surface area (Å²) < 4.78 is 5.92. The molecule has 1 atom stereocenters. The predicted molar refractivity (Wildman–Crippen MR) is 96.8 cm³/mol. The maximum absolute atomic E-state index is 11.9. The molecule has 1 aliphatic heterocycles. The smallest absolute Gasteiger partial charge is 0.232 e. The van der Waals surface area contributed by atoms with Gasteiger partial charge in [0.2, 0.25) is 17.7 Å². The molecule has 0 spiro atoms. The molecule has 1 saturated heterocycles. The van der Waals surface area contributed by atoms with Crippen LogP contribution in [0.4, 0.5) is 0 Å². The quantitative estimate of drug-likeness (QED) is 0.646. The standard InChI is InChI=1S/C19H34N2O4/c1-14-13-16(23)21(17(14)24)11-7-15(22)20-10-8-19(5,6)25-12-9-18(2,3)4/h14H,7-13H2,1-6H3,(H,20,22). The van der Waals surface area contributed by atoms with E-state index in [0.717, 1.165) is 6.42 Å². The van der Waals surface area contributed by atoms with Gasteiger partial charge in [-0.15, -0.1) is 0 Å². The molecule has 1 unspecified atom stereocenters. The first-order valence-electron chi connectivity index (χ1n) is 9.16. The molecule has 0 saturated carbocycles. The molecule has 25 heavy (non-hydrogen) atoms. The van der Waals surface area contributed by atoms with Crippen molar-refractivity contribution in [2.24, 2.45) is 11.3 Å². The van der Waals surface area contributed by atoms with Crippen LogP contribution in [0.5, 0.6) is 0 Å². The van der Waals surface area contributed by atoms with Crippen molar-refractivity contribution in [3.05, 3.63) is 0 Å². The van der Waals surface area contributed by atoms with Gasteiger partial charge < -0.3 is 10.1 Å². The number of rotatable bonds is 9. The van der Waals surface area contributed by atoms with E-state index in [-0.39, 0.29) is 54.0 Å². The molecular weight excluding hydrogens is 320 g/mol. The van der Waals surface area contributed by atoms with Gasteiger partial charge in [0.15, 0.2) is 0 Å². The van der Waals surface area contributed by atoms with E-state index >= 15 is 0 Å². The number of likely N-dealkylation sites (tertiary alicyclic amines) is 1. The summed E-state index contributed by atoms with van der Waals surface area (Å²) in [5.41, 5.74) is -0.0545. The van der Waals surface area contributed by atoms with Gasteiger partial charge in [-0.2, -0.15) is 0 Å². The Morgan fingerprint density at radius 2 is 1.84 bits per heavy atom. The van der Waals surface area contributed by atoms with Crippen molar-refractivity contribution in [1.82, 2.24) is 10.2 Å². The van der Waals surface area contributed by atoms with E-state index in [1.165, 1.54) is 4.90 Å². The third kappa shape index (κ3) is 7.99. The zero-order chi connectivity index (χ0) is 19.3. The van der Waals surface area contributed by atoms with Crippen molar-refractivity contribution in [2.75, 3.05) is 19.7 Å². The number of nitrogens with one attached hydrogen (secondary N) is 1. The maximum Gasteiger partial charge on any atom is 0.232 e. The van der Waals surface area contributed by atoms with Crippen LogP contribution >= 0.6 is 0 Å². The average Bonchev–Trinajstić information content (AvgIpc) is 2.68. The van der Waals surface area contributed by atoms with Crippen molar-refractivity contribution in [1.29, 1.82) is 0 Å². The molecule has 1 N–H and O–H groups in total. The highest BCUT2D eigenvalue weighted by molar-refractivity contribution is 6.03. The zero-order valence-corrected chi connectivity index (χ0v) is 16.6. The Labute approximate surface area is 151 Å². The highest BCUT2D eigenvalue weighted by Gasteiger charge is 2.35. The third-order valence-corrected chi connectivity index (χ3v) is 4.43. The molecule has 6 heteroatoms. The Morgan fingerprint density at radius 3 is 2.36 bits per heavy atom. The molecule has 1 aliphatic rings. The second-order valence-electron chi connectivity index (χ2n) is 8.76. The van der Waals surface area contributed by atoms with E-state index in [1.54, 1.807) is 6.92 Å². The summed E-state index contributed by atoms with van der Waals surface area (Å²) in [7, 11) is 0. The zero-order valence-electron chi connectivity index (χ0n) is 16.6. The van der Waals surface area contributed by atoms with Gasteiger partial charge >= 0.3 is 0 Å². The van der Waals surface area contributed by atoms with Crippen LogP contribution in [0.2, 0.25) is 0 Å². The van der Waals surface area contributed by atoms with E-state index in [2.05, 4.69) is 26.1 Å². The fourth-order valence-electron chi connectivity index (χ4n) is 2.59. The summed E-state index contributed by atoms with van der Waals surface area (Å²) in [6, 6.07) is 0. The molecular formula is C19H34N2O4. The second kappa shape index (κ2) is 8.79. The molecule has 3 amide bonds. The molecule has 1 rings (SSSR count). The normalized spacial score (nSPS) is 18.8. The van der Waals surface area contributed by atoms with Crippen molar-refractivity contribution in [3.8, 4) is 0 Å². The van der Waals surface area contributed by atoms with Crippen LogP contribution in [-0.4, -0.2) is 47.9 Å². The topological polar surface area (TPSA) is 75.7 Å². The highest BCUT2D eigenvalue weighted by atomic mass is 16.5. The van der Waals surface area contributed by atoms with Gasteiger partial charge in [0.05, 0.1) is 5.60 Å². The number of carbonyl (C=O) groups excluding carboxylic acids is 3. The van der Waals surface area contributed by atoms with E-state index < -0.39 is 0 Å². The molecule has 0 aliphatic carbocycles. The van der Waals surface area contributed by atoms with Crippen molar-refractivity contribution >= 4 is 17.7 Å². The number of nitrogens with zero attached hydrogens (tertiary/aromatic N) is 1. The number of carbonyl (C=O) groups is 3. The SMILES string of the molecule is CC1CC(=O)N(CCC(=O)NCCC(C)(C)OCCC(C)(C)C)C1=O. The van der Waals surface area contributed by atoms with Gasteiger partial charge in [-0.25, -0.2) is 0 Å². The monoisotopic (exact) mass is 354 g/mol. The van der Waals surface area contributed by atoms with Crippen LogP contribution in [0.1, 0.15) is 67.2 Å². The number of amides is 3. The van der Waals surface area contributed by atoms with Gasteiger partial charge in [0.1, 0.15) is 0 Å². The second-order valence-corrected chi connectivity index (χ2v) is 8.76. The summed E-state index contributed by atoms with van der Waals surface area (Å²) in [5, 5.41) is 2.84. The Kier molecular flexibility index (Phi) is 7.60. The lowest BCUT2D eigenvalue weighted by atomic mass is 9.93. The van der Waals surface area contributed by atoms with Crippen molar-refractivity contribution in [2.45, 2.75) is 72.8 Å². The van der Waals surface area contributed by atoms with Crippen molar-refractivity contribution < 1.29 is 19.1 Å². The lowest BCUT2D eigenvalue weighted by Gasteiger charge is -2.28. The van der Waals surface area contributed by atoms with Gasteiger partial charge in [-0.1, -0.05) is 27.7 Å². The Balaban J connectivity index is 2.23. The summed E-state index contributed by atoms with van der Waals surface area (Å²) >= 11 is 0. The minimum atomic E-state index is -0.297. The summed E-state index contributed by atoms with van der Waals surface area (Å²) in [5.74, 6) is -0.767. The van der Waals surface area contributed by atoms with Crippen molar-refractivity contribution in [3.63, 3.8) is 0 Å². The highest BCUT2D eigenvalue weighted by Crippen LogP contribution is 2.21. The lowest BCUT2D eigenvalue weighted by Crippen LogP contribution is -2.37.